The van der Waals surface area contributed by atoms with Crippen molar-refractivity contribution in [3.8, 4) is 0 Å². The number of hydrogen-bond acceptors (Lipinski definition) is 7. The van der Waals surface area contributed by atoms with Gasteiger partial charge in [0.25, 0.3) is 10.0 Å². The van der Waals surface area contributed by atoms with E-state index >= 15 is 0 Å². The van der Waals surface area contributed by atoms with Crippen LogP contribution in [0.2, 0.25) is 0 Å². The molecule has 3 aliphatic heterocycles. The molecule has 9 nitrogen and oxygen atoms in total. The zero-order valence-corrected chi connectivity index (χ0v) is 15.6. The van der Waals surface area contributed by atoms with E-state index in [-0.39, 0.29) is 0 Å². The molecule has 0 spiro atoms. The summed E-state index contributed by atoms with van der Waals surface area (Å²) >= 11 is 0. The van der Waals surface area contributed by atoms with Gasteiger partial charge in [-0.1, -0.05) is 0 Å². The van der Waals surface area contributed by atoms with E-state index < -0.39 is 26.8 Å². The van der Waals surface area contributed by atoms with E-state index in [1.165, 1.54) is 10.5 Å². The number of aliphatic imine (C=N–C) groups is 1. The Balaban J connectivity index is 1.92. The monoisotopic (exact) mass is 371 g/mol. The van der Waals surface area contributed by atoms with E-state index in [0.29, 0.717) is 31.9 Å². The summed E-state index contributed by atoms with van der Waals surface area (Å²) in [5.41, 5.74) is 0.854. The maximum Gasteiger partial charge on any atom is 0.411 e. The van der Waals surface area contributed by atoms with Crippen molar-refractivity contribution < 1.29 is 17.9 Å². The molecule has 0 radical (unpaired) electrons. The summed E-state index contributed by atoms with van der Waals surface area (Å²) in [5.74, 6) is 0. The minimum Gasteiger partial charge on any atom is -0.444 e. The van der Waals surface area contributed by atoms with Crippen LogP contribution in [0.4, 0.5) is 4.79 Å². The Kier molecular flexibility index (Phi) is 4.54. The van der Waals surface area contributed by atoms with Gasteiger partial charge in [0.05, 0.1) is 0 Å². The first-order chi connectivity index (χ1) is 11.6. The van der Waals surface area contributed by atoms with Gasteiger partial charge in [-0.25, -0.2) is 18.2 Å². The molecule has 0 bridgehead atoms. The van der Waals surface area contributed by atoms with Crippen LogP contribution in [-0.2, 0) is 14.8 Å². The van der Waals surface area contributed by atoms with Crippen molar-refractivity contribution in [3.63, 3.8) is 0 Å². The average molecular weight is 371 g/mol. The van der Waals surface area contributed by atoms with Gasteiger partial charge in [0, 0.05) is 43.7 Å². The largest absolute Gasteiger partial charge is 0.444 e. The lowest BCUT2D eigenvalue weighted by Crippen LogP contribution is -2.67. The number of carbonyl (C=O) groups is 1. The third kappa shape index (κ3) is 3.51. The SMILES string of the molecule is CC(C)(C)OC(=O)NC1(S(=O)(=O)N2CCCC2)N=CC2=C(CNC2)N1. The molecule has 0 aromatic heterocycles. The lowest BCUT2D eigenvalue weighted by molar-refractivity contribution is 0.0480. The van der Waals surface area contributed by atoms with Gasteiger partial charge >= 0.3 is 11.2 Å². The highest BCUT2D eigenvalue weighted by molar-refractivity contribution is 7.90. The summed E-state index contributed by atoms with van der Waals surface area (Å²) in [5, 5.41) is 6.55. The molecule has 25 heavy (non-hydrogen) atoms. The fraction of sp³-hybridized carbons (Fsp3) is 0.733. The van der Waals surface area contributed by atoms with Crippen LogP contribution in [0.25, 0.3) is 0 Å². The Labute approximate surface area is 147 Å². The molecule has 0 aliphatic carbocycles. The van der Waals surface area contributed by atoms with Crippen molar-refractivity contribution in [2.75, 3.05) is 26.2 Å². The van der Waals surface area contributed by atoms with Gasteiger partial charge in [0.1, 0.15) is 5.60 Å². The lowest BCUT2D eigenvalue weighted by atomic mass is 10.2. The Morgan fingerprint density at radius 2 is 2.00 bits per heavy atom. The van der Waals surface area contributed by atoms with Gasteiger partial charge in [0.2, 0.25) is 0 Å². The molecule has 140 valence electrons. The summed E-state index contributed by atoms with van der Waals surface area (Å²) in [6.45, 7) is 7.09. The second kappa shape index (κ2) is 6.26. The number of sulfonamides is 1. The highest BCUT2D eigenvalue weighted by Gasteiger charge is 2.52. The summed E-state index contributed by atoms with van der Waals surface area (Å²) in [6.07, 6.45) is 2.26. The summed E-state index contributed by atoms with van der Waals surface area (Å²) in [6, 6.07) is 0. The highest BCUT2D eigenvalue weighted by Crippen LogP contribution is 2.28. The van der Waals surface area contributed by atoms with Crippen molar-refractivity contribution in [2.24, 2.45) is 4.99 Å². The summed E-state index contributed by atoms with van der Waals surface area (Å²) in [4.78, 5) is 16.5. The van der Waals surface area contributed by atoms with Crippen LogP contribution in [0.5, 0.6) is 0 Å². The van der Waals surface area contributed by atoms with Gasteiger partial charge in [-0.05, 0) is 33.6 Å². The van der Waals surface area contributed by atoms with Crippen LogP contribution in [0, 0.1) is 0 Å². The molecule has 3 aliphatic rings. The van der Waals surface area contributed by atoms with Crippen molar-refractivity contribution in [1.29, 1.82) is 0 Å². The van der Waals surface area contributed by atoms with E-state index in [4.69, 9.17) is 4.74 Å². The Morgan fingerprint density at radius 3 is 2.64 bits per heavy atom. The van der Waals surface area contributed by atoms with E-state index in [1.807, 2.05) is 0 Å². The minimum absolute atomic E-state index is 0.418. The van der Waals surface area contributed by atoms with Crippen molar-refractivity contribution in [1.82, 2.24) is 20.3 Å². The molecule has 0 aromatic rings. The molecular formula is C15H25N5O4S. The van der Waals surface area contributed by atoms with E-state index in [0.717, 1.165) is 18.4 Å². The van der Waals surface area contributed by atoms with E-state index in [2.05, 4.69) is 20.9 Å². The molecule has 1 fully saturated rings. The smallest absolute Gasteiger partial charge is 0.411 e. The Bertz CT molecular complexity index is 719. The van der Waals surface area contributed by atoms with Crippen molar-refractivity contribution in [3.05, 3.63) is 11.3 Å². The molecule has 3 N–H and O–H groups in total. The molecule has 3 rings (SSSR count). The van der Waals surface area contributed by atoms with Gasteiger partial charge < -0.3 is 15.4 Å². The number of ether oxygens (including phenoxy) is 1. The quantitative estimate of drug-likeness (QED) is 0.648. The molecule has 1 atom stereocenters. The zero-order chi connectivity index (χ0) is 18.3. The van der Waals surface area contributed by atoms with Crippen molar-refractivity contribution >= 4 is 22.3 Å². The number of hydrogen-bond donors (Lipinski definition) is 3. The van der Waals surface area contributed by atoms with Crippen LogP contribution in [0.3, 0.4) is 0 Å². The predicted octanol–water partition coefficient (Wildman–Crippen LogP) is 0.0793. The van der Waals surface area contributed by atoms with Gasteiger partial charge in [0.15, 0.2) is 0 Å². The molecule has 10 heteroatoms. The second-order valence-corrected chi connectivity index (χ2v) is 9.43. The maximum absolute atomic E-state index is 13.2. The van der Waals surface area contributed by atoms with Crippen LogP contribution < -0.4 is 16.0 Å². The lowest BCUT2D eigenvalue weighted by Gasteiger charge is -2.37. The molecular weight excluding hydrogens is 346 g/mol. The number of carbonyl (C=O) groups excluding carboxylic acids is 1. The fourth-order valence-corrected chi connectivity index (χ4v) is 4.78. The molecule has 1 saturated heterocycles. The van der Waals surface area contributed by atoms with Crippen molar-refractivity contribution in [2.45, 2.75) is 44.3 Å². The maximum atomic E-state index is 13.2. The first-order valence-electron chi connectivity index (χ1n) is 8.40. The molecule has 0 saturated carbocycles. The Morgan fingerprint density at radius 1 is 1.32 bits per heavy atom. The van der Waals surface area contributed by atoms with Gasteiger partial charge in [-0.15, -0.1) is 0 Å². The van der Waals surface area contributed by atoms with Gasteiger partial charge in [-0.3, -0.25) is 5.32 Å². The predicted molar refractivity (Wildman–Crippen MR) is 93.4 cm³/mol. The molecule has 3 heterocycles. The third-order valence-electron chi connectivity index (χ3n) is 4.18. The number of nitrogens with zero attached hydrogens (tertiary/aromatic N) is 2. The number of rotatable bonds is 3. The van der Waals surface area contributed by atoms with Gasteiger partial charge in [-0.2, -0.15) is 4.31 Å². The van der Waals surface area contributed by atoms with Crippen LogP contribution >= 0.6 is 0 Å². The molecule has 1 unspecified atom stereocenters. The summed E-state index contributed by atoms with van der Waals surface area (Å²) < 4.78 is 33.1. The van der Waals surface area contributed by atoms with E-state index in [1.54, 1.807) is 20.8 Å². The molecule has 1 amide bonds. The Hall–Kier alpha value is -1.65. The minimum atomic E-state index is -3.96. The number of nitrogens with one attached hydrogen (secondary N) is 3. The number of amides is 1. The van der Waals surface area contributed by atoms with Crippen LogP contribution in [-0.4, -0.2) is 61.9 Å². The summed E-state index contributed by atoms with van der Waals surface area (Å²) in [7, 11) is -3.96. The number of alkyl carbamates (subject to hydrolysis) is 1. The van der Waals surface area contributed by atoms with E-state index in [9.17, 15) is 13.2 Å². The first kappa shape index (κ1) is 18.2. The zero-order valence-electron chi connectivity index (χ0n) is 14.8. The van der Waals surface area contributed by atoms with Crippen LogP contribution in [0.15, 0.2) is 16.3 Å². The molecule has 0 aromatic carbocycles. The highest BCUT2D eigenvalue weighted by atomic mass is 32.2. The average Bonchev–Trinajstić information content (AvgIpc) is 3.16. The van der Waals surface area contributed by atoms with Crippen LogP contribution in [0.1, 0.15) is 33.6 Å². The fourth-order valence-electron chi connectivity index (χ4n) is 3.01. The third-order valence-corrected chi connectivity index (χ3v) is 6.28. The first-order valence-corrected chi connectivity index (χ1v) is 9.84. The second-order valence-electron chi connectivity index (χ2n) is 7.37. The normalized spacial score (nSPS) is 27.2. The topological polar surface area (TPSA) is 112 Å². The standard InChI is InChI=1S/C15H25N5O4S/c1-14(2,3)24-13(21)19-15(25(22,23)20-6-4-5-7-20)17-9-11-8-16-10-12(11)18-15/h9,16,18H,4-8,10H2,1-3H3,(H,19,21).